The summed E-state index contributed by atoms with van der Waals surface area (Å²) in [6.07, 6.45) is 2.21. The Morgan fingerprint density at radius 1 is 1.55 bits per heavy atom. The van der Waals surface area contributed by atoms with Gasteiger partial charge in [0, 0.05) is 24.3 Å². The summed E-state index contributed by atoms with van der Waals surface area (Å²) in [5.74, 6) is 0.607. The summed E-state index contributed by atoms with van der Waals surface area (Å²) < 4.78 is 23.4. The number of nitrogens with one attached hydrogen (secondary N) is 2. The Labute approximate surface area is 126 Å². The highest BCUT2D eigenvalue weighted by Crippen LogP contribution is 2.19. The lowest BCUT2D eigenvalue weighted by molar-refractivity contribution is 0.0949. The Balaban J connectivity index is 2.00. The summed E-state index contributed by atoms with van der Waals surface area (Å²) in [4.78, 5) is 16.2. The van der Waals surface area contributed by atoms with Crippen molar-refractivity contribution in [2.24, 2.45) is 5.92 Å². The third-order valence-electron chi connectivity index (χ3n) is 3.21. The zero-order chi connectivity index (χ0) is 14.8. The lowest BCUT2D eigenvalue weighted by Crippen LogP contribution is -2.30. The van der Waals surface area contributed by atoms with Gasteiger partial charge < -0.3 is 10.6 Å². The van der Waals surface area contributed by atoms with E-state index in [1.807, 2.05) is 0 Å². The Hall–Kier alpha value is -1.15. The molecular weight excluding hydrogens is 346 g/mol. The fourth-order valence-electron chi connectivity index (χ4n) is 2.18. The van der Waals surface area contributed by atoms with Crippen LogP contribution in [0.25, 0.3) is 0 Å². The largest absolute Gasteiger partial charge is 0.372 e. The van der Waals surface area contributed by atoms with E-state index < -0.39 is 9.84 Å². The van der Waals surface area contributed by atoms with Gasteiger partial charge in [0.2, 0.25) is 0 Å². The van der Waals surface area contributed by atoms with Crippen molar-refractivity contribution in [3.8, 4) is 0 Å². The molecule has 20 heavy (non-hydrogen) atoms. The molecule has 0 bridgehead atoms. The number of amides is 1. The van der Waals surface area contributed by atoms with Crippen LogP contribution in [0.1, 0.15) is 16.8 Å². The van der Waals surface area contributed by atoms with Crippen LogP contribution in [0.5, 0.6) is 0 Å². The van der Waals surface area contributed by atoms with E-state index in [0.717, 1.165) is 0 Å². The van der Waals surface area contributed by atoms with Gasteiger partial charge in [-0.2, -0.15) is 0 Å². The molecule has 2 N–H and O–H groups in total. The number of rotatable bonds is 4. The number of halogens is 1. The van der Waals surface area contributed by atoms with Gasteiger partial charge in [0.05, 0.1) is 17.1 Å². The fraction of sp³-hybridized carbons (Fsp3) is 0.500. The number of hydrogen-bond donors (Lipinski definition) is 2. The molecule has 8 heteroatoms. The highest BCUT2D eigenvalue weighted by atomic mass is 79.9. The lowest BCUT2D eigenvalue weighted by Gasteiger charge is -2.12. The standard InChI is InChI=1S/C12H16BrN3O3S/c1-14-11-10(4-9(13)6-15-11)12(17)16-5-8-2-3-20(18,19)7-8/h4,6,8H,2-3,5,7H2,1H3,(H,14,15)(H,16,17). The van der Waals surface area contributed by atoms with Crippen molar-refractivity contribution in [1.29, 1.82) is 0 Å². The average molecular weight is 362 g/mol. The highest BCUT2D eigenvalue weighted by molar-refractivity contribution is 9.10. The maximum Gasteiger partial charge on any atom is 0.255 e. The third-order valence-corrected chi connectivity index (χ3v) is 5.48. The molecule has 1 amide bonds. The second-order valence-corrected chi connectivity index (χ2v) is 7.92. The molecule has 0 saturated carbocycles. The van der Waals surface area contributed by atoms with Crippen molar-refractivity contribution >= 4 is 37.5 Å². The Morgan fingerprint density at radius 3 is 2.90 bits per heavy atom. The van der Waals surface area contributed by atoms with E-state index in [0.29, 0.717) is 28.8 Å². The molecule has 6 nitrogen and oxygen atoms in total. The van der Waals surface area contributed by atoms with Crippen LogP contribution in [0.4, 0.5) is 5.82 Å². The molecule has 0 radical (unpaired) electrons. The highest BCUT2D eigenvalue weighted by Gasteiger charge is 2.28. The fourth-order valence-corrected chi connectivity index (χ4v) is 4.37. The number of pyridine rings is 1. The summed E-state index contributed by atoms with van der Waals surface area (Å²) in [6.45, 7) is 0.369. The molecule has 2 heterocycles. The summed E-state index contributed by atoms with van der Waals surface area (Å²) in [5.41, 5.74) is 0.433. The molecule has 110 valence electrons. The van der Waals surface area contributed by atoms with Crippen LogP contribution in [-0.4, -0.2) is 44.4 Å². The minimum atomic E-state index is -2.91. The summed E-state index contributed by atoms with van der Waals surface area (Å²) in [6, 6.07) is 1.68. The van der Waals surface area contributed by atoms with Gasteiger partial charge >= 0.3 is 0 Å². The maximum absolute atomic E-state index is 12.1. The van der Waals surface area contributed by atoms with E-state index in [1.54, 1.807) is 19.3 Å². The van der Waals surface area contributed by atoms with Crippen molar-refractivity contribution in [3.05, 3.63) is 22.3 Å². The van der Waals surface area contributed by atoms with Crippen LogP contribution in [0.2, 0.25) is 0 Å². The van der Waals surface area contributed by atoms with Crippen molar-refractivity contribution < 1.29 is 13.2 Å². The van der Waals surface area contributed by atoms with E-state index in [1.165, 1.54) is 0 Å². The first-order valence-corrected chi connectivity index (χ1v) is 8.84. The third kappa shape index (κ3) is 3.69. The molecule has 0 aromatic carbocycles. The van der Waals surface area contributed by atoms with Crippen molar-refractivity contribution in [2.75, 3.05) is 30.4 Å². The maximum atomic E-state index is 12.1. The van der Waals surface area contributed by atoms with Crippen molar-refractivity contribution in [2.45, 2.75) is 6.42 Å². The van der Waals surface area contributed by atoms with Crippen LogP contribution in [0.3, 0.4) is 0 Å². The van der Waals surface area contributed by atoms with Crippen LogP contribution < -0.4 is 10.6 Å². The van der Waals surface area contributed by atoms with Gasteiger partial charge in [0.25, 0.3) is 5.91 Å². The zero-order valence-corrected chi connectivity index (χ0v) is 13.4. The lowest BCUT2D eigenvalue weighted by atomic mass is 10.1. The Kier molecular flexibility index (Phi) is 4.64. The van der Waals surface area contributed by atoms with Gasteiger partial charge in [-0.15, -0.1) is 0 Å². The van der Waals surface area contributed by atoms with E-state index >= 15 is 0 Å². The van der Waals surface area contributed by atoms with Crippen LogP contribution in [-0.2, 0) is 9.84 Å². The van der Waals surface area contributed by atoms with Gasteiger partial charge in [0.1, 0.15) is 5.82 Å². The summed E-state index contributed by atoms with van der Waals surface area (Å²) in [5, 5.41) is 5.63. The summed E-state index contributed by atoms with van der Waals surface area (Å²) in [7, 11) is -1.22. The quantitative estimate of drug-likeness (QED) is 0.836. The number of hydrogen-bond acceptors (Lipinski definition) is 5. The SMILES string of the molecule is CNc1ncc(Br)cc1C(=O)NCC1CCS(=O)(=O)C1. The molecule has 0 aliphatic carbocycles. The monoisotopic (exact) mass is 361 g/mol. The van der Waals surface area contributed by atoms with Gasteiger partial charge in [-0.05, 0) is 34.3 Å². The molecule has 1 atom stereocenters. The second kappa shape index (κ2) is 6.09. The minimum absolute atomic E-state index is 0.00194. The van der Waals surface area contributed by atoms with Crippen molar-refractivity contribution in [1.82, 2.24) is 10.3 Å². The van der Waals surface area contributed by atoms with Crippen LogP contribution >= 0.6 is 15.9 Å². The smallest absolute Gasteiger partial charge is 0.255 e. The molecule has 1 aliphatic rings. The summed E-state index contributed by atoms with van der Waals surface area (Å²) >= 11 is 3.28. The molecule has 0 spiro atoms. The van der Waals surface area contributed by atoms with Crippen molar-refractivity contribution in [3.63, 3.8) is 0 Å². The van der Waals surface area contributed by atoms with E-state index in [9.17, 15) is 13.2 Å². The normalized spacial score (nSPS) is 20.6. The predicted octanol–water partition coefficient (Wildman–Crippen LogP) is 1.05. The topological polar surface area (TPSA) is 88.2 Å². The first-order valence-electron chi connectivity index (χ1n) is 6.23. The number of anilines is 1. The van der Waals surface area contributed by atoms with Crippen LogP contribution in [0, 0.1) is 5.92 Å². The zero-order valence-electron chi connectivity index (χ0n) is 11.0. The Bertz CT molecular complexity index is 618. The van der Waals surface area contributed by atoms with E-state index in [4.69, 9.17) is 0 Å². The molecule has 2 rings (SSSR count). The second-order valence-electron chi connectivity index (χ2n) is 4.78. The average Bonchev–Trinajstić information content (AvgIpc) is 2.75. The van der Waals surface area contributed by atoms with E-state index in [2.05, 4.69) is 31.5 Å². The molecule has 1 aliphatic heterocycles. The number of aromatic nitrogens is 1. The number of nitrogens with zero attached hydrogens (tertiary/aromatic N) is 1. The molecule has 1 aromatic rings. The van der Waals surface area contributed by atoms with Crippen LogP contribution in [0.15, 0.2) is 16.7 Å². The molecule has 1 saturated heterocycles. The molecule has 1 aromatic heterocycles. The first-order chi connectivity index (χ1) is 9.41. The van der Waals surface area contributed by atoms with Gasteiger partial charge in [-0.3, -0.25) is 4.79 Å². The molecule has 1 fully saturated rings. The van der Waals surface area contributed by atoms with E-state index in [-0.39, 0.29) is 23.3 Å². The van der Waals surface area contributed by atoms with Gasteiger partial charge in [0.15, 0.2) is 9.84 Å². The predicted molar refractivity (Wildman–Crippen MR) is 80.6 cm³/mol. The van der Waals surface area contributed by atoms with Gasteiger partial charge in [-0.1, -0.05) is 0 Å². The molecule has 1 unspecified atom stereocenters. The number of carbonyl (C=O) groups is 1. The Morgan fingerprint density at radius 2 is 2.30 bits per heavy atom. The number of sulfone groups is 1. The van der Waals surface area contributed by atoms with Gasteiger partial charge in [-0.25, -0.2) is 13.4 Å². The molecular formula is C12H16BrN3O3S. The first kappa shape index (κ1) is 15.2. The minimum Gasteiger partial charge on any atom is -0.372 e. The number of carbonyl (C=O) groups excluding carboxylic acids is 1.